The fourth-order valence-corrected chi connectivity index (χ4v) is 2.54. The number of ether oxygens (including phenoxy) is 1. The van der Waals surface area contributed by atoms with Gasteiger partial charge in [-0.05, 0) is 43.3 Å². The molecule has 2 aromatic carbocycles. The van der Waals surface area contributed by atoms with Crippen LogP contribution in [0, 0.1) is 0 Å². The molecule has 26 heavy (non-hydrogen) atoms. The molecule has 0 aliphatic carbocycles. The zero-order valence-electron chi connectivity index (χ0n) is 13.3. The first kappa shape index (κ1) is 18.1. The van der Waals surface area contributed by atoms with Crippen molar-refractivity contribution in [1.29, 1.82) is 0 Å². The van der Waals surface area contributed by atoms with Crippen LogP contribution in [0.15, 0.2) is 42.5 Å². The van der Waals surface area contributed by atoms with Crippen LogP contribution in [0.5, 0.6) is 5.75 Å². The van der Waals surface area contributed by atoms with Crippen molar-refractivity contribution in [3.05, 3.63) is 53.1 Å². The Balaban J connectivity index is 1.85. The van der Waals surface area contributed by atoms with Gasteiger partial charge in [-0.2, -0.15) is 13.2 Å². The van der Waals surface area contributed by atoms with E-state index >= 15 is 0 Å². The van der Waals surface area contributed by atoms with E-state index in [4.69, 9.17) is 16.3 Å². The van der Waals surface area contributed by atoms with Gasteiger partial charge in [-0.1, -0.05) is 17.7 Å². The van der Waals surface area contributed by atoms with Gasteiger partial charge < -0.3 is 15.4 Å². The Morgan fingerprint density at radius 3 is 2.65 bits per heavy atom. The lowest BCUT2D eigenvalue weighted by molar-refractivity contribution is -0.143. The molecule has 0 saturated carbocycles. The van der Waals surface area contributed by atoms with Crippen molar-refractivity contribution in [1.82, 2.24) is 0 Å². The van der Waals surface area contributed by atoms with Gasteiger partial charge in [0, 0.05) is 10.7 Å². The highest BCUT2D eigenvalue weighted by molar-refractivity contribution is 6.31. The van der Waals surface area contributed by atoms with Gasteiger partial charge >= 0.3 is 6.18 Å². The second-order valence-electron chi connectivity index (χ2n) is 5.76. The van der Waals surface area contributed by atoms with Gasteiger partial charge in [-0.15, -0.1) is 0 Å². The molecule has 1 unspecified atom stereocenters. The normalized spacial score (nSPS) is 19.2. The Morgan fingerprint density at radius 1 is 1.23 bits per heavy atom. The Bertz CT molecular complexity index is 901. The van der Waals surface area contributed by atoms with E-state index in [2.05, 4.69) is 10.6 Å². The highest BCUT2D eigenvalue weighted by atomic mass is 35.5. The molecular formula is C17H12ClF3N2O3. The molecule has 3 rings (SSSR count). The minimum absolute atomic E-state index is 0.107. The summed E-state index contributed by atoms with van der Waals surface area (Å²) in [5.41, 5.74) is -2.69. The molecule has 2 aromatic rings. The van der Waals surface area contributed by atoms with E-state index in [1.165, 1.54) is 31.2 Å². The Morgan fingerprint density at radius 2 is 1.96 bits per heavy atom. The fourth-order valence-electron chi connectivity index (χ4n) is 2.37. The van der Waals surface area contributed by atoms with Crippen molar-refractivity contribution in [2.24, 2.45) is 0 Å². The summed E-state index contributed by atoms with van der Waals surface area (Å²) in [6, 6.07) is 8.54. The van der Waals surface area contributed by atoms with Gasteiger partial charge in [0.25, 0.3) is 17.4 Å². The van der Waals surface area contributed by atoms with E-state index in [0.717, 1.165) is 18.2 Å². The maximum absolute atomic E-state index is 12.8. The number of nitrogens with one attached hydrogen (secondary N) is 2. The molecule has 1 heterocycles. The lowest BCUT2D eigenvalue weighted by atomic mass is 10.0. The van der Waals surface area contributed by atoms with Gasteiger partial charge in [-0.25, -0.2) is 0 Å². The fraction of sp³-hybridized carbons (Fsp3) is 0.176. The van der Waals surface area contributed by atoms with E-state index in [0.29, 0.717) is 10.7 Å². The molecule has 0 saturated heterocycles. The molecule has 1 aliphatic heterocycles. The van der Waals surface area contributed by atoms with Crippen molar-refractivity contribution in [2.75, 3.05) is 10.6 Å². The first-order chi connectivity index (χ1) is 12.1. The minimum atomic E-state index is -4.55. The van der Waals surface area contributed by atoms with E-state index in [-0.39, 0.29) is 11.4 Å². The van der Waals surface area contributed by atoms with Crippen molar-refractivity contribution in [3.8, 4) is 5.75 Å². The number of rotatable bonds is 2. The molecule has 9 heteroatoms. The molecule has 0 spiro atoms. The van der Waals surface area contributed by atoms with Crippen molar-refractivity contribution >= 4 is 34.8 Å². The van der Waals surface area contributed by atoms with Gasteiger partial charge in [0.05, 0.1) is 11.3 Å². The van der Waals surface area contributed by atoms with Crippen LogP contribution < -0.4 is 15.4 Å². The summed E-state index contributed by atoms with van der Waals surface area (Å²) in [6.07, 6.45) is -4.55. The number of hydrogen-bond acceptors (Lipinski definition) is 3. The zero-order valence-corrected chi connectivity index (χ0v) is 14.0. The van der Waals surface area contributed by atoms with Crippen molar-refractivity contribution < 1.29 is 27.5 Å². The summed E-state index contributed by atoms with van der Waals surface area (Å²) in [5, 5.41) is 5.16. The molecule has 136 valence electrons. The molecule has 0 radical (unpaired) electrons. The minimum Gasteiger partial charge on any atom is -0.466 e. The maximum atomic E-state index is 12.8. The zero-order chi connectivity index (χ0) is 19.1. The molecule has 2 amide bonds. The first-order valence-electron chi connectivity index (χ1n) is 7.38. The van der Waals surface area contributed by atoms with Crippen LogP contribution in [0.3, 0.4) is 0 Å². The van der Waals surface area contributed by atoms with E-state index in [1.54, 1.807) is 0 Å². The van der Waals surface area contributed by atoms with Crippen LogP contribution in [-0.2, 0) is 15.8 Å². The van der Waals surface area contributed by atoms with Crippen LogP contribution >= 0.6 is 11.6 Å². The summed E-state index contributed by atoms with van der Waals surface area (Å²) < 4.78 is 43.9. The summed E-state index contributed by atoms with van der Waals surface area (Å²) >= 11 is 5.84. The highest BCUT2D eigenvalue weighted by Crippen LogP contribution is 2.36. The van der Waals surface area contributed by atoms with Gasteiger partial charge in [0.2, 0.25) is 0 Å². The Kier molecular flexibility index (Phi) is 4.31. The number of amides is 2. The molecule has 0 bridgehead atoms. The van der Waals surface area contributed by atoms with Crippen LogP contribution in [0.4, 0.5) is 24.5 Å². The van der Waals surface area contributed by atoms with E-state index in [1.807, 2.05) is 0 Å². The monoisotopic (exact) mass is 384 g/mol. The largest absolute Gasteiger partial charge is 0.466 e. The summed E-state index contributed by atoms with van der Waals surface area (Å²) in [4.78, 5) is 24.9. The number of alkyl halides is 3. The molecule has 2 N–H and O–H groups in total. The smallest absolute Gasteiger partial charge is 0.416 e. The molecule has 1 atom stereocenters. The van der Waals surface area contributed by atoms with Crippen LogP contribution in [-0.4, -0.2) is 17.4 Å². The molecular weight excluding hydrogens is 373 g/mol. The molecule has 1 aliphatic rings. The van der Waals surface area contributed by atoms with Crippen LogP contribution in [0.2, 0.25) is 5.02 Å². The average molecular weight is 385 g/mol. The predicted molar refractivity (Wildman–Crippen MR) is 89.2 cm³/mol. The average Bonchev–Trinajstić information content (AvgIpc) is 2.56. The van der Waals surface area contributed by atoms with E-state index in [9.17, 15) is 22.8 Å². The predicted octanol–water partition coefficient (Wildman–Crippen LogP) is 4.09. The third kappa shape index (κ3) is 3.32. The summed E-state index contributed by atoms with van der Waals surface area (Å²) in [5.74, 6) is -1.46. The number of halogens is 4. The summed E-state index contributed by atoms with van der Waals surface area (Å²) in [6.45, 7) is 1.23. The first-order valence-corrected chi connectivity index (χ1v) is 7.76. The molecule has 5 nitrogen and oxygen atoms in total. The quantitative estimate of drug-likeness (QED) is 0.766. The highest BCUT2D eigenvalue weighted by Gasteiger charge is 2.47. The SMILES string of the molecule is CC1(C(=O)Nc2cccc(C(F)(F)F)c2)Oc2ccc(Cl)cc2NC1=O. The van der Waals surface area contributed by atoms with Crippen LogP contribution in [0.1, 0.15) is 12.5 Å². The molecule has 0 fully saturated rings. The van der Waals surface area contributed by atoms with Crippen molar-refractivity contribution in [3.63, 3.8) is 0 Å². The van der Waals surface area contributed by atoms with Crippen LogP contribution in [0.25, 0.3) is 0 Å². The van der Waals surface area contributed by atoms with Gasteiger partial charge in [-0.3, -0.25) is 9.59 Å². The van der Waals surface area contributed by atoms with E-state index < -0.39 is 29.2 Å². The maximum Gasteiger partial charge on any atom is 0.416 e. The molecule has 0 aromatic heterocycles. The Hall–Kier alpha value is -2.74. The second-order valence-corrected chi connectivity index (χ2v) is 6.20. The van der Waals surface area contributed by atoms with Gasteiger partial charge in [0.15, 0.2) is 0 Å². The number of benzene rings is 2. The van der Waals surface area contributed by atoms with Crippen molar-refractivity contribution in [2.45, 2.75) is 18.7 Å². The lowest BCUT2D eigenvalue weighted by Gasteiger charge is -2.33. The van der Waals surface area contributed by atoms with Gasteiger partial charge in [0.1, 0.15) is 5.75 Å². The standard InChI is InChI=1S/C17H12ClF3N2O3/c1-16(15(25)23-12-8-10(18)5-6-13(12)26-16)14(24)22-11-4-2-3-9(7-11)17(19,20)21/h2-8H,1H3,(H,22,24)(H,23,25). The third-order valence-electron chi connectivity index (χ3n) is 3.82. The lowest BCUT2D eigenvalue weighted by Crippen LogP contribution is -2.56. The number of hydrogen-bond donors (Lipinski definition) is 2. The number of carbonyl (C=O) groups excluding carboxylic acids is 2. The number of carbonyl (C=O) groups is 2. The summed E-state index contributed by atoms with van der Waals surface area (Å²) in [7, 11) is 0. The number of fused-ring (bicyclic) bond motifs is 1. The third-order valence-corrected chi connectivity index (χ3v) is 4.05. The second kappa shape index (κ2) is 6.21. The Labute approximate surface area is 151 Å². The number of anilines is 2. The topological polar surface area (TPSA) is 67.4 Å².